The average Bonchev–Trinajstić information content (AvgIpc) is 2.36. The highest BCUT2D eigenvalue weighted by atomic mass is 79.9. The first-order chi connectivity index (χ1) is 8.77. The van der Waals surface area contributed by atoms with Crippen LogP contribution in [0, 0.1) is 0 Å². The van der Waals surface area contributed by atoms with E-state index in [2.05, 4.69) is 25.9 Å². The molecule has 0 aliphatic carbocycles. The van der Waals surface area contributed by atoms with Crippen LogP contribution < -0.4 is 0 Å². The number of ether oxygens (including phenoxy) is 1. The fourth-order valence-electron chi connectivity index (χ4n) is 1.12. The molecule has 0 aliphatic rings. The topological polar surface area (TPSA) is 52.1 Å². The number of nitrogens with zero attached hydrogens (tertiary/aromatic N) is 2. The van der Waals surface area contributed by atoms with Gasteiger partial charge in [0.25, 0.3) is 0 Å². The van der Waals surface area contributed by atoms with Crippen molar-refractivity contribution in [3.05, 3.63) is 23.3 Å². The smallest absolute Gasteiger partial charge is 0.451 e. The molecule has 8 heteroatoms. The normalized spacial score (nSPS) is 13.2. The third-order valence-corrected chi connectivity index (χ3v) is 2.84. The molecule has 0 radical (unpaired) electrons. The Bertz CT molecular complexity index is 466. The molecule has 0 aromatic carbocycles. The maximum atomic E-state index is 12.6. The van der Waals surface area contributed by atoms with E-state index in [1.165, 1.54) is 6.07 Å². The van der Waals surface area contributed by atoms with Crippen LogP contribution in [0.3, 0.4) is 0 Å². The second kappa shape index (κ2) is 6.31. The van der Waals surface area contributed by atoms with Crippen LogP contribution in [-0.4, -0.2) is 22.0 Å². The molecule has 0 N–H and O–H groups in total. The van der Waals surface area contributed by atoms with E-state index < -0.39 is 23.7 Å². The summed E-state index contributed by atoms with van der Waals surface area (Å²) < 4.78 is 42.7. The molecule has 1 unspecified atom stereocenters. The van der Waals surface area contributed by atoms with Crippen molar-refractivity contribution in [1.29, 1.82) is 0 Å². The van der Waals surface area contributed by atoms with Gasteiger partial charge in [0.15, 0.2) is 5.69 Å². The van der Waals surface area contributed by atoms with E-state index in [1.807, 2.05) is 0 Å². The quantitative estimate of drug-likeness (QED) is 0.623. The summed E-state index contributed by atoms with van der Waals surface area (Å²) in [6.07, 6.45) is -4.53. The van der Waals surface area contributed by atoms with Crippen molar-refractivity contribution in [2.24, 2.45) is 0 Å². The Morgan fingerprint density at radius 2 is 2.11 bits per heavy atom. The number of carbonyl (C=O) groups is 1. The van der Waals surface area contributed by atoms with Gasteiger partial charge in [0.05, 0.1) is 11.8 Å². The molecule has 0 fully saturated rings. The molecule has 0 aliphatic heterocycles. The third-order valence-electron chi connectivity index (χ3n) is 2.26. The van der Waals surface area contributed by atoms with Crippen molar-refractivity contribution >= 4 is 21.9 Å². The van der Waals surface area contributed by atoms with Gasteiger partial charge in [-0.05, 0) is 19.4 Å². The number of rotatable bonds is 4. The lowest BCUT2D eigenvalue weighted by Crippen LogP contribution is -2.19. The average molecular weight is 341 g/mol. The second-order valence-corrected chi connectivity index (χ2v) is 4.38. The van der Waals surface area contributed by atoms with Crippen molar-refractivity contribution in [3.8, 4) is 0 Å². The summed E-state index contributed by atoms with van der Waals surface area (Å²) in [4.78, 5) is 18.2. The van der Waals surface area contributed by atoms with Crippen LogP contribution in [0.1, 0.15) is 42.3 Å². The fourth-order valence-corrected chi connectivity index (χ4v) is 1.41. The lowest BCUT2D eigenvalue weighted by atomic mass is 10.3. The van der Waals surface area contributed by atoms with Gasteiger partial charge in [0, 0.05) is 5.33 Å². The van der Waals surface area contributed by atoms with Crippen LogP contribution >= 0.6 is 15.9 Å². The Balaban J connectivity index is 3.10. The van der Waals surface area contributed by atoms with E-state index in [0.29, 0.717) is 6.42 Å². The van der Waals surface area contributed by atoms with Gasteiger partial charge >= 0.3 is 12.1 Å². The minimum absolute atomic E-state index is 0.0680. The molecule has 1 atom stereocenters. The number of halogens is 4. The van der Waals surface area contributed by atoms with Crippen molar-refractivity contribution in [2.45, 2.75) is 37.9 Å². The molecule has 1 rings (SSSR count). The number of carbonyl (C=O) groups excluding carboxylic acids is 1. The predicted octanol–water partition coefficient (Wildman–Crippen LogP) is 3.35. The van der Waals surface area contributed by atoms with Gasteiger partial charge in [-0.3, -0.25) is 0 Å². The largest absolute Gasteiger partial charge is 0.458 e. The Hall–Kier alpha value is -1.18. The highest BCUT2D eigenvalue weighted by Crippen LogP contribution is 2.27. The Labute approximate surface area is 116 Å². The van der Waals surface area contributed by atoms with Crippen LogP contribution in [0.15, 0.2) is 6.07 Å². The molecule has 1 aromatic rings. The Morgan fingerprint density at radius 1 is 1.47 bits per heavy atom. The van der Waals surface area contributed by atoms with E-state index in [0.717, 1.165) is 0 Å². The van der Waals surface area contributed by atoms with E-state index >= 15 is 0 Å². The number of hydrogen-bond donors (Lipinski definition) is 0. The molecular formula is C11H12BrF3N2O2. The van der Waals surface area contributed by atoms with Gasteiger partial charge in [-0.25, -0.2) is 14.8 Å². The zero-order valence-electron chi connectivity index (χ0n) is 10.3. The minimum Gasteiger partial charge on any atom is -0.458 e. The molecule has 0 spiro atoms. The molecule has 0 amide bonds. The van der Waals surface area contributed by atoms with Crippen molar-refractivity contribution in [3.63, 3.8) is 0 Å². The molecule has 1 heterocycles. The highest BCUT2D eigenvalue weighted by Gasteiger charge is 2.36. The van der Waals surface area contributed by atoms with Crippen LogP contribution in [0.2, 0.25) is 0 Å². The predicted molar refractivity (Wildman–Crippen MR) is 64.8 cm³/mol. The summed E-state index contributed by atoms with van der Waals surface area (Å²) in [7, 11) is 0. The van der Waals surface area contributed by atoms with Gasteiger partial charge in [0.1, 0.15) is 0 Å². The lowest BCUT2D eigenvalue weighted by molar-refractivity contribution is -0.145. The summed E-state index contributed by atoms with van der Waals surface area (Å²) in [5.41, 5.74) is -0.324. The minimum atomic E-state index is -4.70. The molecular weight excluding hydrogens is 329 g/mol. The maximum Gasteiger partial charge on any atom is 0.451 e. The Kier molecular flexibility index (Phi) is 5.28. The first-order valence-corrected chi connectivity index (χ1v) is 6.62. The molecule has 0 saturated carbocycles. The van der Waals surface area contributed by atoms with Gasteiger partial charge in [-0.1, -0.05) is 22.9 Å². The molecule has 1 aromatic heterocycles. The van der Waals surface area contributed by atoms with Gasteiger partial charge in [-0.2, -0.15) is 13.2 Å². The van der Waals surface area contributed by atoms with Crippen molar-refractivity contribution in [1.82, 2.24) is 9.97 Å². The monoisotopic (exact) mass is 340 g/mol. The molecule has 0 saturated heterocycles. The van der Waals surface area contributed by atoms with Crippen LogP contribution in [0.5, 0.6) is 0 Å². The number of hydrogen-bond acceptors (Lipinski definition) is 4. The van der Waals surface area contributed by atoms with E-state index in [9.17, 15) is 18.0 Å². The summed E-state index contributed by atoms with van der Waals surface area (Å²) in [5.74, 6) is -2.23. The van der Waals surface area contributed by atoms with Crippen LogP contribution in [0.4, 0.5) is 13.2 Å². The summed E-state index contributed by atoms with van der Waals surface area (Å²) in [5, 5.41) is 0.0855. The summed E-state index contributed by atoms with van der Waals surface area (Å²) in [6.45, 7) is 3.44. The van der Waals surface area contributed by atoms with Crippen molar-refractivity contribution in [2.75, 3.05) is 0 Å². The SMILES string of the molecule is CCC(C)OC(=O)c1cc(CBr)nc(C(F)(F)F)n1. The van der Waals surface area contributed by atoms with Gasteiger partial charge in [-0.15, -0.1) is 0 Å². The van der Waals surface area contributed by atoms with E-state index in [4.69, 9.17) is 4.74 Å². The zero-order chi connectivity index (χ0) is 14.6. The number of aromatic nitrogens is 2. The van der Waals surface area contributed by atoms with Crippen LogP contribution in [0.25, 0.3) is 0 Å². The lowest BCUT2D eigenvalue weighted by Gasteiger charge is -2.12. The molecule has 4 nitrogen and oxygen atoms in total. The highest BCUT2D eigenvalue weighted by molar-refractivity contribution is 9.08. The second-order valence-electron chi connectivity index (χ2n) is 3.82. The molecule has 19 heavy (non-hydrogen) atoms. The third kappa shape index (κ3) is 4.45. The standard InChI is InChI=1S/C11H12BrF3N2O2/c1-3-6(2)19-9(18)8-4-7(5-12)16-10(17-8)11(13,14)15/h4,6H,3,5H2,1-2H3. The first kappa shape index (κ1) is 15.9. The molecule has 106 valence electrons. The summed E-state index contributed by atoms with van der Waals surface area (Å²) in [6, 6.07) is 1.18. The first-order valence-electron chi connectivity index (χ1n) is 5.50. The van der Waals surface area contributed by atoms with E-state index in [-0.39, 0.29) is 17.1 Å². The van der Waals surface area contributed by atoms with Gasteiger partial charge < -0.3 is 4.74 Å². The summed E-state index contributed by atoms with van der Waals surface area (Å²) >= 11 is 3.00. The zero-order valence-corrected chi connectivity index (χ0v) is 11.9. The number of alkyl halides is 4. The maximum absolute atomic E-state index is 12.6. The Morgan fingerprint density at radius 3 is 2.58 bits per heavy atom. The molecule has 0 bridgehead atoms. The number of esters is 1. The van der Waals surface area contributed by atoms with Crippen molar-refractivity contribution < 1.29 is 22.7 Å². The van der Waals surface area contributed by atoms with Gasteiger partial charge in [0.2, 0.25) is 5.82 Å². The fraction of sp³-hybridized carbons (Fsp3) is 0.545. The van der Waals surface area contributed by atoms with E-state index in [1.54, 1.807) is 13.8 Å². The van der Waals surface area contributed by atoms with Crippen LogP contribution in [-0.2, 0) is 16.2 Å².